The van der Waals surface area contributed by atoms with Crippen LogP contribution in [0, 0.1) is 0 Å². The van der Waals surface area contributed by atoms with Gasteiger partial charge in [-0.15, -0.1) is 0 Å². The van der Waals surface area contributed by atoms with Gasteiger partial charge in [0.05, 0.1) is 7.08 Å². The molecule has 0 aliphatic heterocycles. The molecule has 0 saturated heterocycles. The quantitative estimate of drug-likeness (QED) is 0.846. The van der Waals surface area contributed by atoms with Gasteiger partial charge in [0.2, 0.25) is 10.0 Å². The Hall–Kier alpha value is -1.37. The fourth-order valence-electron chi connectivity index (χ4n) is 1.50. The molecule has 2 N–H and O–H groups in total. The molecular weight excluding hydrogens is 274 g/mol. The average molecular weight is 307 g/mol. The van der Waals surface area contributed by atoms with Crippen molar-refractivity contribution >= 4 is 20.9 Å². The molecule has 1 heterocycles. The average Bonchev–Trinajstić information content (AvgIpc) is 2.90. The lowest BCUT2D eigenvalue weighted by Gasteiger charge is -2.08. The monoisotopic (exact) mass is 307 g/mol. The lowest BCUT2D eigenvalue weighted by Crippen LogP contribution is -2.20. The Morgan fingerprint density at radius 2 is 2.45 bits per heavy atom. The summed E-state index contributed by atoms with van der Waals surface area (Å²) in [5.41, 5.74) is -4.60. The number of rotatable bonds is 6. The zero-order valence-electron chi connectivity index (χ0n) is 22.8. The highest BCUT2D eigenvalue weighted by molar-refractivity contribution is 7.88. The number of nitrogens with one attached hydrogen (secondary N) is 2. The summed E-state index contributed by atoms with van der Waals surface area (Å²) < 4.78 is 119. The first-order valence-electron chi connectivity index (χ1n) is 11.4. The Bertz CT molecular complexity index is 1140. The van der Waals surface area contributed by atoms with Crippen LogP contribution >= 0.6 is 0 Å². The maximum absolute atomic E-state index is 12.3. The number of aromatic nitrogens is 1. The molecule has 20 heavy (non-hydrogen) atoms. The smallest absolute Gasteiger partial charge is 0.215 e. The van der Waals surface area contributed by atoms with E-state index in [9.17, 15) is 8.42 Å². The Morgan fingerprint density at radius 3 is 3.15 bits per heavy atom. The second-order valence-electron chi connectivity index (χ2n) is 3.89. The van der Waals surface area contributed by atoms with Gasteiger partial charge >= 0.3 is 0 Å². The molecule has 110 valence electrons. The molecule has 0 radical (unpaired) electrons. The van der Waals surface area contributed by atoms with Crippen molar-refractivity contribution < 1.29 is 24.9 Å². The fraction of sp³-hybridized carbons (Fsp3) is 0.429. The molecule has 5 nitrogen and oxygen atoms in total. The van der Waals surface area contributed by atoms with Crippen LogP contribution in [0.25, 0.3) is 10.9 Å². The molecule has 6 heteroatoms. The number of hydrogen-bond acceptors (Lipinski definition) is 3. The molecule has 0 saturated carbocycles. The van der Waals surface area contributed by atoms with Gasteiger partial charge in [0.1, 0.15) is 1.41 Å². The van der Waals surface area contributed by atoms with E-state index >= 15 is 0 Å². The molecule has 0 aliphatic carbocycles. The molecule has 1 aromatic carbocycles. The highest BCUT2D eigenvalue weighted by atomic mass is 32.2. The normalized spacial score (nSPS) is 24.2. The summed E-state index contributed by atoms with van der Waals surface area (Å²) in [7, 11) is -3.20. The van der Waals surface area contributed by atoms with E-state index in [0.717, 1.165) is 32.3 Å². The van der Waals surface area contributed by atoms with E-state index in [1.54, 1.807) is 0 Å². The second-order valence-corrected chi connectivity index (χ2v) is 5.41. The van der Waals surface area contributed by atoms with Crippen molar-refractivity contribution in [2.45, 2.75) is 12.1 Å². The maximum Gasteiger partial charge on any atom is 0.215 e. The number of sulfonamides is 1. The number of H-pyrrole nitrogens is 1. The maximum atomic E-state index is 12.3. The molecule has 2 rings (SSSR count). The Labute approximate surface area is 137 Å². The highest BCUT2D eigenvalue weighted by Gasteiger charge is 2.11. The van der Waals surface area contributed by atoms with Gasteiger partial charge in [-0.3, -0.25) is 0 Å². The van der Waals surface area contributed by atoms with E-state index in [-0.39, 0.29) is 20.5 Å². The summed E-state index contributed by atoms with van der Waals surface area (Å²) in [5.74, 6) is 0. The van der Waals surface area contributed by atoms with Crippen molar-refractivity contribution in [1.29, 1.82) is 0 Å². The van der Waals surface area contributed by atoms with Crippen molar-refractivity contribution in [3.63, 3.8) is 0 Å². The summed E-state index contributed by atoms with van der Waals surface area (Å²) >= 11 is 0. The minimum absolute atomic E-state index is 0.0765. The van der Waals surface area contributed by atoms with Gasteiger partial charge in [0.25, 0.3) is 0 Å². The lowest BCUT2D eigenvalue weighted by molar-refractivity contribution is 0.414. The van der Waals surface area contributed by atoms with Gasteiger partial charge in [-0.05, 0) is 50.7 Å². The predicted octanol–water partition coefficient (Wildman–Crippen LogP) is 1.32. The molecule has 1 aromatic heterocycles. The molecule has 0 amide bonds. The van der Waals surface area contributed by atoms with Gasteiger partial charge in [0, 0.05) is 35.9 Å². The van der Waals surface area contributed by atoms with Crippen LogP contribution in [0.2, 0.25) is 2.82 Å². The molecule has 0 spiro atoms. The zero-order chi connectivity index (χ0) is 25.2. The van der Waals surface area contributed by atoms with Crippen LogP contribution < -0.4 is 4.72 Å². The van der Waals surface area contributed by atoms with Crippen molar-refractivity contribution in [2.24, 2.45) is 0 Å². The van der Waals surface area contributed by atoms with E-state index in [1.807, 2.05) is 0 Å². The molecular formula is C14H21N3O2S. The summed E-state index contributed by atoms with van der Waals surface area (Å²) in [4.78, 5) is 0.605. The van der Waals surface area contributed by atoms with E-state index in [1.165, 1.54) is 0 Å². The summed E-state index contributed by atoms with van der Waals surface area (Å²) in [6.07, 6.45) is -4.03. The van der Waals surface area contributed by atoms with Crippen molar-refractivity contribution in [2.75, 3.05) is 27.6 Å². The number of benzene rings is 1. The summed E-state index contributed by atoms with van der Waals surface area (Å²) in [6, 6.07) is 2.92. The molecule has 0 fully saturated rings. The summed E-state index contributed by atoms with van der Waals surface area (Å²) in [5, 5.41) is -0.345. The molecule has 0 bridgehead atoms. The zero-order valence-corrected chi connectivity index (χ0v) is 11.6. The van der Waals surface area contributed by atoms with Crippen LogP contribution in [0.4, 0.5) is 0 Å². The van der Waals surface area contributed by atoms with Crippen LogP contribution in [-0.4, -0.2) is 45.9 Å². The third-order valence-electron chi connectivity index (χ3n) is 2.39. The highest BCUT2D eigenvalue weighted by Crippen LogP contribution is 2.21. The number of hydrogen-bond donors (Lipinski definition) is 2. The molecule has 2 aromatic rings. The van der Waals surface area contributed by atoms with Gasteiger partial charge in [-0.25, -0.2) is 13.1 Å². The van der Waals surface area contributed by atoms with Gasteiger partial charge in [-0.1, -0.05) is 6.07 Å². The van der Waals surface area contributed by atoms with Crippen LogP contribution in [0.15, 0.2) is 24.4 Å². The first kappa shape index (κ1) is 5.79. The van der Waals surface area contributed by atoms with Crippen LogP contribution in [0.3, 0.4) is 0 Å². The fourth-order valence-corrected chi connectivity index (χ4v) is 2.02. The number of nitrogens with zero attached hydrogens (tertiary/aromatic N) is 1. The van der Waals surface area contributed by atoms with Crippen molar-refractivity contribution in [3.05, 3.63) is 35.5 Å². The predicted molar refractivity (Wildman–Crippen MR) is 82.2 cm³/mol. The van der Waals surface area contributed by atoms with E-state index in [2.05, 4.69) is 0 Å². The number of aromatic amines is 1. The lowest BCUT2D eigenvalue weighted by atomic mass is 10.1. The topological polar surface area (TPSA) is 65.2 Å². The van der Waals surface area contributed by atoms with E-state index in [4.69, 9.17) is 16.5 Å². The standard InChI is InChI=1S/C14H21N3O2S/c1-15-20(18,19)10-11-4-5-14-13(8-11)12(9-16-14)6-7-17(2)3/h4-5,8-9,15-16H,6-7,10H2,1-3H3/i2D3,6D2,7D2,9D,10D2/hD2. The Kier molecular flexibility index (Phi) is 1.72. The Morgan fingerprint density at radius 1 is 1.65 bits per heavy atom. The van der Waals surface area contributed by atoms with E-state index < -0.39 is 52.9 Å². The number of aryl methyl sites for hydroxylation is 1. The Balaban J connectivity index is 2.87. The van der Waals surface area contributed by atoms with Gasteiger partial charge in [-0.2, -0.15) is 0 Å². The minimum atomic E-state index is -4.83. The first-order chi connectivity index (χ1) is 14.1. The SMILES string of the molecule is [2H]c1c(C([2H])([2H])C([2H])([2H])N(C)C([2H])([2H])[2H])c2cc(C([2H])([2H])S(=O)(=O)N([2H])C)ccc2n1[2H]. The number of likely N-dealkylation sites (N-methyl/N-ethyl adjacent to an activating group) is 1. The largest absolute Gasteiger partial charge is 0.361 e. The molecule has 0 atom stereocenters. The van der Waals surface area contributed by atoms with Crippen LogP contribution in [0.1, 0.15) is 24.8 Å². The first-order valence-corrected chi connectivity index (χ1v) is 6.94. The molecule has 0 unspecified atom stereocenters. The van der Waals surface area contributed by atoms with Crippen molar-refractivity contribution in [1.82, 2.24) is 14.6 Å². The van der Waals surface area contributed by atoms with Gasteiger partial charge < -0.3 is 9.88 Å². The minimum Gasteiger partial charge on any atom is -0.361 e. The van der Waals surface area contributed by atoms with E-state index in [0.29, 0.717) is 4.98 Å². The third-order valence-corrected chi connectivity index (χ3v) is 3.36. The third kappa shape index (κ3) is 3.59. The van der Waals surface area contributed by atoms with Gasteiger partial charge in [0.15, 0.2) is 1.41 Å². The van der Waals surface area contributed by atoms with Crippen LogP contribution in [-0.2, 0) is 22.1 Å². The molecule has 0 aliphatic rings. The van der Waals surface area contributed by atoms with Crippen molar-refractivity contribution in [3.8, 4) is 0 Å². The van der Waals surface area contributed by atoms with Crippen LogP contribution in [0.5, 0.6) is 0 Å². The summed E-state index contributed by atoms with van der Waals surface area (Å²) in [6.45, 7) is -6.27. The number of fused-ring (bicyclic) bond motifs is 1. The second kappa shape index (κ2) is 5.95.